The summed E-state index contributed by atoms with van der Waals surface area (Å²) >= 11 is 0. The second kappa shape index (κ2) is 4.84. The van der Waals surface area contributed by atoms with Gasteiger partial charge in [-0.2, -0.15) is 0 Å². The third-order valence-corrected chi connectivity index (χ3v) is 3.04. The molecule has 0 amide bonds. The van der Waals surface area contributed by atoms with E-state index >= 15 is 0 Å². The minimum Gasteiger partial charge on any atom is -0.373 e. The lowest BCUT2D eigenvalue weighted by Crippen LogP contribution is -2.03. The Balaban J connectivity index is 1.89. The van der Waals surface area contributed by atoms with Gasteiger partial charge in [-0.15, -0.1) is 0 Å². The number of halogens is 1. The molecule has 1 aromatic heterocycles. The zero-order chi connectivity index (χ0) is 13.2. The minimum atomic E-state index is -0.268. The van der Waals surface area contributed by atoms with Crippen molar-refractivity contribution in [1.82, 2.24) is 9.97 Å². The third-order valence-electron chi connectivity index (χ3n) is 3.04. The van der Waals surface area contributed by atoms with Crippen LogP contribution in [0.4, 0.5) is 21.7 Å². The summed E-state index contributed by atoms with van der Waals surface area (Å²) in [5, 5.41) is 6.13. The number of anilines is 3. The molecule has 4 nitrogen and oxygen atoms in total. The van der Waals surface area contributed by atoms with Crippen molar-refractivity contribution in [1.29, 1.82) is 0 Å². The first kappa shape index (κ1) is 11.9. The fourth-order valence-corrected chi connectivity index (χ4v) is 1.90. The van der Waals surface area contributed by atoms with Gasteiger partial charge >= 0.3 is 0 Å². The number of nitrogens with one attached hydrogen (secondary N) is 2. The standard InChI is InChI=1S/C14H15FN4/c1-16-12-8-13(19-14(18-12)9-5-6-9)17-11-4-2-3-10(15)7-11/h2-4,7-9H,5-6H2,1H3,(H2,16,17,18,19). The molecule has 5 heteroatoms. The van der Waals surface area contributed by atoms with E-state index in [4.69, 9.17) is 0 Å². The summed E-state index contributed by atoms with van der Waals surface area (Å²) in [6.07, 6.45) is 2.29. The highest BCUT2D eigenvalue weighted by Gasteiger charge is 2.27. The first-order valence-electron chi connectivity index (χ1n) is 6.34. The van der Waals surface area contributed by atoms with Gasteiger partial charge in [-0.1, -0.05) is 6.07 Å². The highest BCUT2D eigenvalue weighted by Crippen LogP contribution is 2.39. The lowest BCUT2D eigenvalue weighted by molar-refractivity contribution is 0.628. The normalized spacial score (nSPS) is 14.2. The Morgan fingerprint density at radius 3 is 2.63 bits per heavy atom. The van der Waals surface area contributed by atoms with Gasteiger partial charge in [0.25, 0.3) is 0 Å². The number of hydrogen-bond acceptors (Lipinski definition) is 4. The summed E-state index contributed by atoms with van der Waals surface area (Å²) in [6, 6.07) is 8.15. The molecule has 1 saturated carbocycles. The van der Waals surface area contributed by atoms with Crippen LogP contribution in [0.5, 0.6) is 0 Å². The Morgan fingerprint density at radius 1 is 1.16 bits per heavy atom. The highest BCUT2D eigenvalue weighted by molar-refractivity contribution is 5.59. The zero-order valence-corrected chi connectivity index (χ0v) is 10.7. The van der Waals surface area contributed by atoms with Crippen LogP contribution in [0.3, 0.4) is 0 Å². The van der Waals surface area contributed by atoms with Crippen molar-refractivity contribution >= 4 is 17.3 Å². The molecule has 0 bridgehead atoms. The third kappa shape index (κ3) is 2.81. The molecule has 0 radical (unpaired) electrons. The molecule has 0 saturated heterocycles. The van der Waals surface area contributed by atoms with Crippen LogP contribution < -0.4 is 10.6 Å². The maximum atomic E-state index is 13.1. The molecule has 2 aromatic rings. The smallest absolute Gasteiger partial charge is 0.136 e. The molecule has 0 spiro atoms. The Labute approximate surface area is 111 Å². The topological polar surface area (TPSA) is 49.8 Å². The fraction of sp³-hybridized carbons (Fsp3) is 0.286. The van der Waals surface area contributed by atoms with Gasteiger partial charge in [0.15, 0.2) is 0 Å². The van der Waals surface area contributed by atoms with Crippen molar-refractivity contribution < 1.29 is 4.39 Å². The number of hydrogen-bond donors (Lipinski definition) is 2. The van der Waals surface area contributed by atoms with Gasteiger partial charge in [0.05, 0.1) is 0 Å². The number of aromatic nitrogens is 2. The summed E-state index contributed by atoms with van der Waals surface area (Å²) in [7, 11) is 1.82. The Kier molecular flexibility index (Phi) is 3.03. The number of benzene rings is 1. The van der Waals surface area contributed by atoms with Crippen LogP contribution in [0.25, 0.3) is 0 Å². The van der Waals surface area contributed by atoms with E-state index < -0.39 is 0 Å². The van der Waals surface area contributed by atoms with E-state index in [0.717, 1.165) is 24.5 Å². The van der Waals surface area contributed by atoms with Crippen molar-refractivity contribution in [3.63, 3.8) is 0 Å². The first-order valence-corrected chi connectivity index (χ1v) is 6.34. The van der Waals surface area contributed by atoms with Crippen molar-refractivity contribution in [2.45, 2.75) is 18.8 Å². The number of nitrogens with zero attached hydrogens (tertiary/aromatic N) is 2. The molecule has 19 heavy (non-hydrogen) atoms. The zero-order valence-electron chi connectivity index (χ0n) is 10.7. The van der Waals surface area contributed by atoms with Crippen LogP contribution in [-0.2, 0) is 0 Å². The van der Waals surface area contributed by atoms with Crippen molar-refractivity contribution in [3.8, 4) is 0 Å². The van der Waals surface area contributed by atoms with Gasteiger partial charge in [0, 0.05) is 24.7 Å². The molecule has 2 N–H and O–H groups in total. The van der Waals surface area contributed by atoms with Crippen LogP contribution in [0.2, 0.25) is 0 Å². The van der Waals surface area contributed by atoms with Crippen LogP contribution in [0.1, 0.15) is 24.6 Å². The summed E-state index contributed by atoms with van der Waals surface area (Å²) in [6.45, 7) is 0. The molecular formula is C14H15FN4. The monoisotopic (exact) mass is 258 g/mol. The van der Waals surface area contributed by atoms with E-state index in [1.165, 1.54) is 12.1 Å². The van der Waals surface area contributed by atoms with Gasteiger partial charge in [0.1, 0.15) is 23.3 Å². The molecular weight excluding hydrogens is 243 g/mol. The van der Waals surface area contributed by atoms with E-state index in [1.54, 1.807) is 12.1 Å². The van der Waals surface area contributed by atoms with Gasteiger partial charge in [0.2, 0.25) is 0 Å². The van der Waals surface area contributed by atoms with Crippen LogP contribution in [0.15, 0.2) is 30.3 Å². The average Bonchev–Trinajstić information content (AvgIpc) is 3.22. The van der Waals surface area contributed by atoms with Gasteiger partial charge in [-0.05, 0) is 31.0 Å². The Morgan fingerprint density at radius 2 is 1.95 bits per heavy atom. The van der Waals surface area contributed by atoms with Gasteiger partial charge in [-0.25, -0.2) is 14.4 Å². The van der Waals surface area contributed by atoms with E-state index in [-0.39, 0.29) is 5.82 Å². The maximum Gasteiger partial charge on any atom is 0.136 e. The summed E-state index contributed by atoms with van der Waals surface area (Å²) < 4.78 is 13.1. The molecule has 0 atom stereocenters. The van der Waals surface area contributed by atoms with E-state index in [2.05, 4.69) is 20.6 Å². The highest BCUT2D eigenvalue weighted by atomic mass is 19.1. The predicted octanol–water partition coefficient (Wildman–Crippen LogP) is 3.28. The molecule has 1 heterocycles. The molecule has 1 aliphatic carbocycles. The van der Waals surface area contributed by atoms with Gasteiger partial charge in [-0.3, -0.25) is 0 Å². The minimum absolute atomic E-state index is 0.268. The van der Waals surface area contributed by atoms with Gasteiger partial charge < -0.3 is 10.6 Å². The Hall–Kier alpha value is -2.17. The molecule has 1 fully saturated rings. The van der Waals surface area contributed by atoms with Crippen molar-refractivity contribution in [2.24, 2.45) is 0 Å². The molecule has 3 rings (SSSR count). The predicted molar refractivity (Wildman–Crippen MR) is 73.2 cm³/mol. The lowest BCUT2D eigenvalue weighted by Gasteiger charge is -2.09. The maximum absolute atomic E-state index is 13.1. The quantitative estimate of drug-likeness (QED) is 0.883. The molecule has 1 aromatic carbocycles. The lowest BCUT2D eigenvalue weighted by atomic mass is 10.3. The second-order valence-electron chi connectivity index (χ2n) is 4.66. The van der Waals surface area contributed by atoms with Crippen molar-refractivity contribution in [3.05, 3.63) is 42.0 Å². The van der Waals surface area contributed by atoms with E-state index in [1.807, 2.05) is 13.1 Å². The van der Waals surface area contributed by atoms with Crippen LogP contribution in [-0.4, -0.2) is 17.0 Å². The molecule has 0 unspecified atom stereocenters. The number of rotatable bonds is 4. The van der Waals surface area contributed by atoms with E-state index in [9.17, 15) is 4.39 Å². The first-order chi connectivity index (χ1) is 9.24. The summed E-state index contributed by atoms with van der Waals surface area (Å²) in [4.78, 5) is 8.92. The fourth-order valence-electron chi connectivity index (χ4n) is 1.90. The largest absolute Gasteiger partial charge is 0.373 e. The van der Waals surface area contributed by atoms with Crippen LogP contribution >= 0.6 is 0 Å². The average molecular weight is 258 g/mol. The van der Waals surface area contributed by atoms with Crippen LogP contribution in [0, 0.1) is 5.82 Å². The van der Waals surface area contributed by atoms with Crippen molar-refractivity contribution in [2.75, 3.05) is 17.7 Å². The molecule has 0 aliphatic heterocycles. The molecule has 1 aliphatic rings. The summed E-state index contributed by atoms with van der Waals surface area (Å²) in [5.74, 6) is 2.52. The molecule has 98 valence electrons. The summed E-state index contributed by atoms with van der Waals surface area (Å²) in [5.41, 5.74) is 0.683. The second-order valence-corrected chi connectivity index (χ2v) is 4.66. The Bertz CT molecular complexity index is 596. The van der Waals surface area contributed by atoms with E-state index in [0.29, 0.717) is 17.4 Å². The SMILES string of the molecule is CNc1cc(Nc2cccc(F)c2)nc(C2CC2)n1.